The van der Waals surface area contributed by atoms with Crippen molar-refractivity contribution in [3.8, 4) is 0 Å². The van der Waals surface area contributed by atoms with Crippen LogP contribution in [-0.4, -0.2) is 29.7 Å². The minimum atomic E-state index is -0.749. The molecule has 0 saturated carbocycles. The second-order valence-electron chi connectivity index (χ2n) is 8.91. The normalized spacial score (nSPS) is 15.4. The number of hydrogen-bond acceptors (Lipinski definition) is 6. The molecule has 33 heavy (non-hydrogen) atoms. The largest absolute Gasteiger partial charge is 0.462 e. The Hall–Kier alpha value is -3.61. The van der Waals surface area contributed by atoms with Gasteiger partial charge in [-0.1, -0.05) is 48.5 Å². The van der Waals surface area contributed by atoms with Crippen LogP contribution in [0.15, 0.2) is 54.2 Å². The van der Waals surface area contributed by atoms with Crippen molar-refractivity contribution in [1.82, 2.24) is 5.32 Å². The summed E-state index contributed by atoms with van der Waals surface area (Å²) in [4.78, 5) is 36.4. The number of hydrogen-bond donors (Lipinski definition) is 1. The molecule has 7 nitrogen and oxygen atoms in total. The summed E-state index contributed by atoms with van der Waals surface area (Å²) < 4.78 is 16.0. The van der Waals surface area contributed by atoms with E-state index in [4.69, 9.17) is 14.2 Å². The average Bonchev–Trinajstić information content (AvgIpc) is 3.11. The summed E-state index contributed by atoms with van der Waals surface area (Å²) >= 11 is 0. The number of alkyl carbamates (subject to hydrolysis) is 1. The number of carbonyl (C=O) groups is 3. The Labute approximate surface area is 193 Å². The van der Waals surface area contributed by atoms with Gasteiger partial charge in [-0.2, -0.15) is 0 Å². The van der Waals surface area contributed by atoms with E-state index in [0.717, 1.165) is 16.7 Å². The van der Waals surface area contributed by atoms with Crippen LogP contribution in [0.4, 0.5) is 4.79 Å². The Morgan fingerprint density at radius 3 is 2.39 bits per heavy atom. The lowest BCUT2D eigenvalue weighted by atomic mass is 10.1. The van der Waals surface area contributed by atoms with Crippen LogP contribution in [-0.2, 0) is 43.2 Å². The van der Waals surface area contributed by atoms with Gasteiger partial charge in [0.05, 0.1) is 0 Å². The first-order valence-corrected chi connectivity index (χ1v) is 10.8. The van der Waals surface area contributed by atoms with E-state index in [2.05, 4.69) is 5.32 Å². The highest BCUT2D eigenvalue weighted by molar-refractivity contribution is 5.96. The van der Waals surface area contributed by atoms with Gasteiger partial charge in [0.15, 0.2) is 0 Å². The molecule has 0 saturated heterocycles. The number of carbonyl (C=O) groups excluding carboxylic acids is 3. The number of fused-ring (bicyclic) bond motifs is 1. The molecule has 1 amide bonds. The third kappa shape index (κ3) is 7.49. The third-order valence-electron chi connectivity index (χ3n) is 4.84. The zero-order valence-corrected chi connectivity index (χ0v) is 19.3. The van der Waals surface area contributed by atoms with E-state index < -0.39 is 17.7 Å². The highest BCUT2D eigenvalue weighted by Gasteiger charge is 2.25. The maximum absolute atomic E-state index is 12.8. The van der Waals surface area contributed by atoms with Crippen molar-refractivity contribution in [2.24, 2.45) is 0 Å². The van der Waals surface area contributed by atoms with Gasteiger partial charge in [0, 0.05) is 19.8 Å². The molecule has 0 aliphatic heterocycles. The maximum Gasteiger partial charge on any atom is 0.412 e. The average molecular weight is 452 g/mol. The van der Waals surface area contributed by atoms with Crippen molar-refractivity contribution in [2.45, 2.75) is 58.8 Å². The molecule has 1 aliphatic carbocycles. The van der Waals surface area contributed by atoms with Crippen LogP contribution in [0.25, 0.3) is 6.08 Å². The van der Waals surface area contributed by atoms with Crippen LogP contribution in [0.3, 0.4) is 0 Å². The smallest absolute Gasteiger partial charge is 0.412 e. The van der Waals surface area contributed by atoms with Crippen molar-refractivity contribution >= 4 is 24.1 Å². The fourth-order valence-corrected chi connectivity index (χ4v) is 3.53. The maximum atomic E-state index is 12.8. The summed E-state index contributed by atoms with van der Waals surface area (Å²) in [6, 6.07) is 15.0. The van der Waals surface area contributed by atoms with E-state index in [0.29, 0.717) is 18.4 Å². The number of esters is 2. The number of benzene rings is 2. The molecule has 174 valence electrons. The van der Waals surface area contributed by atoms with Gasteiger partial charge in [-0.15, -0.1) is 0 Å². The molecule has 0 fully saturated rings. The monoisotopic (exact) mass is 451 g/mol. The van der Waals surface area contributed by atoms with E-state index in [9.17, 15) is 14.4 Å². The van der Waals surface area contributed by atoms with E-state index >= 15 is 0 Å². The number of amides is 1. The van der Waals surface area contributed by atoms with Gasteiger partial charge >= 0.3 is 18.0 Å². The number of rotatable bonds is 6. The van der Waals surface area contributed by atoms with E-state index in [1.807, 2.05) is 48.5 Å². The van der Waals surface area contributed by atoms with Crippen LogP contribution in [0, 0.1) is 0 Å². The Kier molecular flexibility index (Phi) is 7.53. The van der Waals surface area contributed by atoms with Gasteiger partial charge in [-0.3, -0.25) is 10.1 Å². The summed E-state index contributed by atoms with van der Waals surface area (Å²) in [6.45, 7) is 6.69. The highest BCUT2D eigenvalue weighted by Crippen LogP contribution is 2.26. The van der Waals surface area contributed by atoms with Crippen LogP contribution in [0.5, 0.6) is 0 Å². The zero-order chi connectivity index (χ0) is 24.0. The molecular formula is C26H29NO6. The summed E-state index contributed by atoms with van der Waals surface area (Å²) in [5.74, 6) is -0.985. The van der Waals surface area contributed by atoms with Crippen LogP contribution >= 0.6 is 0 Å². The van der Waals surface area contributed by atoms with Crippen LogP contribution in [0.1, 0.15) is 49.9 Å². The molecule has 2 aromatic carbocycles. The molecule has 1 aliphatic rings. The second-order valence-corrected chi connectivity index (χ2v) is 8.91. The second kappa shape index (κ2) is 10.3. The quantitative estimate of drug-likeness (QED) is 0.399. The van der Waals surface area contributed by atoms with Crippen molar-refractivity contribution in [3.63, 3.8) is 0 Å². The lowest BCUT2D eigenvalue weighted by Gasteiger charge is -2.20. The fourth-order valence-electron chi connectivity index (χ4n) is 3.53. The van der Waals surface area contributed by atoms with Gasteiger partial charge in [0.25, 0.3) is 0 Å². The van der Waals surface area contributed by atoms with Gasteiger partial charge in [0.1, 0.15) is 24.0 Å². The molecule has 0 heterocycles. The predicted molar refractivity (Wildman–Crippen MR) is 123 cm³/mol. The van der Waals surface area contributed by atoms with Crippen LogP contribution < -0.4 is 5.32 Å². The SMILES string of the molecule is CC(=O)OC1Cc2ccc(C=C(NC(=O)OC(C)(C)C)C(=O)OCc3ccccc3)cc2C1. The minimum absolute atomic E-state index is 0.0327. The van der Waals surface area contributed by atoms with Gasteiger partial charge in [-0.25, -0.2) is 9.59 Å². The van der Waals surface area contributed by atoms with Crippen molar-refractivity contribution in [3.05, 3.63) is 76.5 Å². The third-order valence-corrected chi connectivity index (χ3v) is 4.84. The molecule has 0 spiro atoms. The zero-order valence-electron chi connectivity index (χ0n) is 19.3. The first-order valence-electron chi connectivity index (χ1n) is 10.8. The molecule has 1 N–H and O–H groups in total. The lowest BCUT2D eigenvalue weighted by Crippen LogP contribution is -2.34. The predicted octanol–water partition coefficient (Wildman–Crippen LogP) is 4.33. The molecule has 0 aromatic heterocycles. The summed E-state index contributed by atoms with van der Waals surface area (Å²) in [7, 11) is 0. The first-order chi connectivity index (χ1) is 15.6. The molecule has 1 atom stereocenters. The summed E-state index contributed by atoms with van der Waals surface area (Å²) in [5.41, 5.74) is 2.91. The Morgan fingerprint density at radius 2 is 1.73 bits per heavy atom. The Bertz CT molecular complexity index is 1050. The van der Waals surface area contributed by atoms with Crippen LogP contribution in [0.2, 0.25) is 0 Å². The van der Waals surface area contributed by atoms with Gasteiger partial charge in [0.2, 0.25) is 0 Å². The summed E-state index contributed by atoms with van der Waals surface area (Å²) in [5, 5.41) is 2.52. The van der Waals surface area contributed by atoms with E-state index in [1.54, 1.807) is 26.8 Å². The van der Waals surface area contributed by atoms with Crippen molar-refractivity contribution < 1.29 is 28.6 Å². The van der Waals surface area contributed by atoms with Gasteiger partial charge in [-0.05, 0) is 49.1 Å². The number of nitrogens with one attached hydrogen (secondary N) is 1. The Morgan fingerprint density at radius 1 is 1.03 bits per heavy atom. The minimum Gasteiger partial charge on any atom is -0.462 e. The van der Waals surface area contributed by atoms with Crippen molar-refractivity contribution in [1.29, 1.82) is 0 Å². The topological polar surface area (TPSA) is 90.9 Å². The number of ether oxygens (including phenoxy) is 3. The molecular weight excluding hydrogens is 422 g/mol. The summed E-state index contributed by atoms with van der Waals surface area (Å²) in [6.07, 6.45) is 1.87. The molecule has 7 heteroatoms. The van der Waals surface area contributed by atoms with E-state index in [1.165, 1.54) is 6.92 Å². The molecule has 0 bridgehead atoms. The van der Waals surface area contributed by atoms with Gasteiger partial charge < -0.3 is 14.2 Å². The van der Waals surface area contributed by atoms with E-state index in [-0.39, 0.29) is 24.4 Å². The standard InChI is InChI=1S/C26H29NO6/c1-17(28)32-22-14-20-11-10-19(12-21(20)15-22)13-23(27-25(30)33-26(2,3)4)24(29)31-16-18-8-6-5-7-9-18/h5-13,22H,14-16H2,1-4H3,(H,27,30). The lowest BCUT2D eigenvalue weighted by molar-refractivity contribution is -0.145. The Balaban J connectivity index is 1.79. The molecule has 3 rings (SSSR count). The molecule has 1 unspecified atom stereocenters. The first kappa shape index (κ1) is 24.0. The fraction of sp³-hybridized carbons (Fsp3) is 0.346. The molecule has 0 radical (unpaired) electrons. The molecule has 2 aromatic rings. The van der Waals surface area contributed by atoms with Crippen molar-refractivity contribution in [2.75, 3.05) is 0 Å². The highest BCUT2D eigenvalue weighted by atomic mass is 16.6.